The summed E-state index contributed by atoms with van der Waals surface area (Å²) in [5, 5.41) is 9.93. The minimum absolute atomic E-state index is 0.216. The van der Waals surface area contributed by atoms with E-state index in [1.807, 2.05) is 0 Å². The molecule has 122 valence electrons. The molecule has 0 saturated heterocycles. The molecule has 1 N–H and O–H groups in total. The highest BCUT2D eigenvalue weighted by Crippen LogP contribution is 2.34. The Labute approximate surface area is 135 Å². The van der Waals surface area contributed by atoms with Crippen molar-refractivity contribution in [3.05, 3.63) is 72.0 Å². The Hall–Kier alpha value is -2.21. The van der Waals surface area contributed by atoms with Crippen LogP contribution in [0.25, 0.3) is 0 Å². The van der Waals surface area contributed by atoms with E-state index >= 15 is 0 Å². The molecule has 2 unspecified atom stereocenters. The lowest BCUT2D eigenvalue weighted by Crippen LogP contribution is -2.32. The topological polar surface area (TPSA) is 46.5 Å². The zero-order valence-electron chi connectivity index (χ0n) is 12.7. The van der Waals surface area contributed by atoms with Crippen LogP contribution in [-0.4, -0.2) is 15.6 Å². The van der Waals surface area contributed by atoms with Gasteiger partial charge in [-0.25, -0.2) is 8.78 Å². The van der Waals surface area contributed by atoms with Crippen molar-refractivity contribution >= 4 is 10.8 Å². The molecule has 0 radical (unpaired) electrons. The first kappa shape index (κ1) is 17.1. The number of aliphatic hydroxyl groups is 1. The van der Waals surface area contributed by atoms with Gasteiger partial charge >= 0.3 is 0 Å². The van der Waals surface area contributed by atoms with Crippen LogP contribution in [-0.2, 0) is 16.4 Å². The van der Waals surface area contributed by atoms with E-state index in [0.29, 0.717) is 16.5 Å². The third kappa shape index (κ3) is 3.59. The first-order chi connectivity index (χ1) is 10.7. The number of rotatable bonds is 5. The van der Waals surface area contributed by atoms with Crippen LogP contribution in [0.3, 0.4) is 0 Å². The molecule has 2 aromatic rings. The van der Waals surface area contributed by atoms with Crippen LogP contribution in [0.4, 0.5) is 8.78 Å². The Morgan fingerprint density at radius 1 is 1.22 bits per heavy atom. The second kappa shape index (κ2) is 6.50. The normalized spacial score (nSPS) is 14.8. The van der Waals surface area contributed by atoms with Crippen LogP contribution in [0.5, 0.6) is 5.75 Å². The lowest BCUT2D eigenvalue weighted by atomic mass is 9.94. The van der Waals surface area contributed by atoms with Gasteiger partial charge in [-0.3, -0.25) is 4.21 Å². The fraction of sp³-hybridized carbons (Fsp3) is 0.176. The molecule has 0 heterocycles. The van der Waals surface area contributed by atoms with E-state index in [2.05, 4.69) is 6.58 Å². The summed E-state index contributed by atoms with van der Waals surface area (Å²) < 4.78 is 43.8. The quantitative estimate of drug-likeness (QED) is 0.836. The van der Waals surface area contributed by atoms with Gasteiger partial charge < -0.3 is 9.84 Å². The van der Waals surface area contributed by atoms with Gasteiger partial charge in [0, 0.05) is 33.6 Å². The summed E-state index contributed by atoms with van der Waals surface area (Å²) >= 11 is 0. The maximum Gasteiger partial charge on any atom is 0.187 e. The third-order valence-electron chi connectivity index (χ3n) is 3.50. The predicted molar refractivity (Wildman–Crippen MR) is 84.9 cm³/mol. The van der Waals surface area contributed by atoms with E-state index in [1.165, 1.54) is 6.92 Å². The highest BCUT2D eigenvalue weighted by Gasteiger charge is 2.34. The second-order valence-electron chi connectivity index (χ2n) is 5.14. The summed E-state index contributed by atoms with van der Waals surface area (Å²) in [7, 11) is -1.15. The first-order valence-corrected chi connectivity index (χ1v) is 8.26. The number of aliphatic hydroxyl groups excluding tert-OH is 1. The fourth-order valence-electron chi connectivity index (χ4n) is 2.03. The van der Waals surface area contributed by atoms with E-state index in [0.717, 1.165) is 12.1 Å². The summed E-state index contributed by atoms with van der Waals surface area (Å²) in [6.07, 6.45) is 1.55. The Morgan fingerprint density at radius 3 is 2.30 bits per heavy atom. The van der Waals surface area contributed by atoms with Gasteiger partial charge in [-0.1, -0.05) is 18.7 Å². The highest BCUT2D eigenvalue weighted by atomic mass is 32.2. The molecule has 0 saturated carbocycles. The Bertz CT molecular complexity index is 759. The van der Waals surface area contributed by atoms with E-state index in [-0.39, 0.29) is 11.5 Å². The fourth-order valence-corrected chi connectivity index (χ4v) is 2.55. The van der Waals surface area contributed by atoms with Crippen molar-refractivity contribution in [1.82, 2.24) is 0 Å². The van der Waals surface area contributed by atoms with Crippen molar-refractivity contribution < 1.29 is 22.8 Å². The molecule has 2 rings (SSSR count). The lowest BCUT2D eigenvalue weighted by Gasteiger charge is -2.30. The SMILES string of the molecule is C=C(O)C(C)(Oc1ccc(F)cc1F)c1ccc(S(C)=O)cc1. The maximum absolute atomic E-state index is 13.8. The summed E-state index contributed by atoms with van der Waals surface area (Å²) in [5.74, 6) is -2.17. The minimum atomic E-state index is -1.44. The molecular formula is C17H16F2O3S. The minimum Gasteiger partial charge on any atom is -0.508 e. The van der Waals surface area contributed by atoms with Gasteiger partial charge in [-0.2, -0.15) is 0 Å². The van der Waals surface area contributed by atoms with Gasteiger partial charge in [0.25, 0.3) is 0 Å². The van der Waals surface area contributed by atoms with Gasteiger partial charge in [0.15, 0.2) is 17.2 Å². The smallest absolute Gasteiger partial charge is 0.187 e. The molecular weight excluding hydrogens is 322 g/mol. The zero-order chi connectivity index (χ0) is 17.2. The largest absolute Gasteiger partial charge is 0.508 e. The number of ether oxygens (including phenoxy) is 1. The van der Waals surface area contributed by atoms with E-state index in [1.54, 1.807) is 30.5 Å². The standard InChI is InChI=1S/C17H16F2O3S/c1-11(20)17(2,12-4-7-14(8-5-12)23(3)21)22-16-9-6-13(18)10-15(16)19/h4-10,20H,1H2,2-3H3. The molecule has 3 nitrogen and oxygen atoms in total. The summed E-state index contributed by atoms with van der Waals surface area (Å²) in [4.78, 5) is 0.604. The van der Waals surface area contributed by atoms with Crippen molar-refractivity contribution in [3.8, 4) is 5.75 Å². The second-order valence-corrected chi connectivity index (χ2v) is 6.51. The van der Waals surface area contributed by atoms with Gasteiger partial charge in [0.2, 0.25) is 0 Å². The molecule has 0 fully saturated rings. The van der Waals surface area contributed by atoms with E-state index in [9.17, 15) is 18.1 Å². The van der Waals surface area contributed by atoms with Gasteiger partial charge in [-0.15, -0.1) is 0 Å². The van der Waals surface area contributed by atoms with E-state index < -0.39 is 28.0 Å². The molecule has 0 spiro atoms. The van der Waals surface area contributed by atoms with Crippen LogP contribution in [0, 0.1) is 11.6 Å². The maximum atomic E-state index is 13.8. The van der Waals surface area contributed by atoms with Crippen molar-refractivity contribution in [2.24, 2.45) is 0 Å². The van der Waals surface area contributed by atoms with Crippen molar-refractivity contribution in [2.75, 3.05) is 6.26 Å². The van der Waals surface area contributed by atoms with E-state index in [4.69, 9.17) is 4.74 Å². The number of hydrogen-bond donors (Lipinski definition) is 1. The molecule has 23 heavy (non-hydrogen) atoms. The first-order valence-electron chi connectivity index (χ1n) is 6.70. The molecule has 2 atom stereocenters. The van der Waals surface area contributed by atoms with Crippen LogP contribution in [0.1, 0.15) is 12.5 Å². The number of halogens is 2. The molecule has 0 aliphatic carbocycles. The van der Waals surface area contributed by atoms with Crippen molar-refractivity contribution in [1.29, 1.82) is 0 Å². The molecule has 0 aromatic heterocycles. The molecule has 0 bridgehead atoms. The molecule has 2 aromatic carbocycles. The zero-order valence-corrected chi connectivity index (χ0v) is 13.5. The monoisotopic (exact) mass is 338 g/mol. The third-order valence-corrected chi connectivity index (χ3v) is 4.43. The molecule has 0 aliphatic rings. The molecule has 6 heteroatoms. The Morgan fingerprint density at radius 2 is 1.83 bits per heavy atom. The average Bonchev–Trinajstić information content (AvgIpc) is 2.50. The summed E-state index contributed by atoms with van der Waals surface area (Å²) in [5.41, 5.74) is -0.949. The Balaban J connectivity index is 2.42. The highest BCUT2D eigenvalue weighted by molar-refractivity contribution is 7.84. The van der Waals surface area contributed by atoms with Crippen LogP contribution < -0.4 is 4.74 Å². The molecule has 0 amide bonds. The number of benzene rings is 2. The van der Waals surface area contributed by atoms with Gasteiger partial charge in [0.1, 0.15) is 11.6 Å². The average molecular weight is 338 g/mol. The lowest BCUT2D eigenvalue weighted by molar-refractivity contribution is 0.0729. The predicted octanol–water partition coefficient (Wildman–Crippen LogP) is 4.07. The summed E-state index contributed by atoms with van der Waals surface area (Å²) in [6, 6.07) is 9.36. The van der Waals surface area contributed by atoms with Gasteiger partial charge in [-0.05, 0) is 31.2 Å². The number of hydrogen-bond acceptors (Lipinski definition) is 3. The molecule has 0 aliphatic heterocycles. The van der Waals surface area contributed by atoms with Gasteiger partial charge in [0.05, 0.1) is 0 Å². The van der Waals surface area contributed by atoms with Crippen LogP contribution in [0.2, 0.25) is 0 Å². The van der Waals surface area contributed by atoms with Crippen LogP contribution in [0.15, 0.2) is 59.7 Å². The summed E-state index contributed by atoms with van der Waals surface area (Å²) in [6.45, 7) is 4.99. The van der Waals surface area contributed by atoms with Crippen molar-refractivity contribution in [3.63, 3.8) is 0 Å². The van der Waals surface area contributed by atoms with Crippen LogP contribution >= 0.6 is 0 Å². The van der Waals surface area contributed by atoms with Crippen molar-refractivity contribution in [2.45, 2.75) is 17.4 Å². The Kier molecular flexibility index (Phi) is 4.85.